The Labute approximate surface area is 91.5 Å². The molecular formula is C11H12N2OS. The van der Waals surface area contributed by atoms with Gasteiger partial charge in [-0.25, -0.2) is 0 Å². The fourth-order valence-electron chi connectivity index (χ4n) is 2.17. The Hall–Kier alpha value is -1.16. The van der Waals surface area contributed by atoms with Crippen LogP contribution in [0.1, 0.15) is 12.5 Å². The normalized spacial score (nSPS) is 21.2. The van der Waals surface area contributed by atoms with E-state index >= 15 is 0 Å². The second kappa shape index (κ2) is 3.45. The minimum Gasteiger partial charge on any atom is -0.339 e. The van der Waals surface area contributed by atoms with Gasteiger partial charge in [0.05, 0.1) is 0 Å². The number of pyridine rings is 1. The van der Waals surface area contributed by atoms with E-state index in [9.17, 15) is 4.79 Å². The number of aromatic amines is 1. The highest BCUT2D eigenvalue weighted by atomic mass is 32.2. The van der Waals surface area contributed by atoms with E-state index in [4.69, 9.17) is 0 Å². The third kappa shape index (κ3) is 1.40. The molecule has 1 saturated heterocycles. The lowest BCUT2D eigenvalue weighted by atomic mass is 10.2. The van der Waals surface area contributed by atoms with Crippen LogP contribution in [0.3, 0.4) is 0 Å². The molecule has 2 aromatic heterocycles. The summed E-state index contributed by atoms with van der Waals surface area (Å²) in [5.74, 6) is 2.33. The topological polar surface area (TPSA) is 37.8 Å². The van der Waals surface area contributed by atoms with Gasteiger partial charge in [0.1, 0.15) is 5.52 Å². The van der Waals surface area contributed by atoms with Crippen molar-refractivity contribution in [1.82, 2.24) is 9.55 Å². The Bertz CT molecular complexity index is 537. The average Bonchev–Trinajstić information content (AvgIpc) is 2.85. The number of hydrogen-bond donors (Lipinski definition) is 1. The van der Waals surface area contributed by atoms with E-state index < -0.39 is 0 Å². The first kappa shape index (κ1) is 9.09. The minimum absolute atomic E-state index is 0.0226. The Morgan fingerprint density at radius 2 is 2.40 bits per heavy atom. The average molecular weight is 220 g/mol. The quantitative estimate of drug-likeness (QED) is 0.798. The molecule has 2 aromatic rings. The third-order valence-corrected chi connectivity index (χ3v) is 4.08. The largest absolute Gasteiger partial charge is 0.339 e. The van der Waals surface area contributed by atoms with Crippen molar-refractivity contribution >= 4 is 22.7 Å². The van der Waals surface area contributed by atoms with Crippen LogP contribution in [0.25, 0.3) is 10.9 Å². The van der Waals surface area contributed by atoms with Crippen LogP contribution in [-0.4, -0.2) is 21.1 Å². The third-order valence-electron chi connectivity index (χ3n) is 2.94. The predicted octanol–water partition coefficient (Wildman–Crippen LogP) is 2.01. The second-order valence-electron chi connectivity index (χ2n) is 3.85. The van der Waals surface area contributed by atoms with Crippen molar-refractivity contribution in [3.8, 4) is 0 Å². The van der Waals surface area contributed by atoms with Gasteiger partial charge in [0, 0.05) is 29.6 Å². The predicted molar refractivity (Wildman–Crippen MR) is 63.5 cm³/mol. The number of nitrogens with zero attached hydrogens (tertiary/aromatic N) is 1. The van der Waals surface area contributed by atoms with Gasteiger partial charge in [-0.05, 0) is 24.3 Å². The number of fused-ring (bicyclic) bond motifs is 1. The summed E-state index contributed by atoms with van der Waals surface area (Å²) in [7, 11) is 0. The summed E-state index contributed by atoms with van der Waals surface area (Å²) in [6.07, 6.45) is 4.91. The molecule has 0 amide bonds. The lowest BCUT2D eigenvalue weighted by Crippen LogP contribution is -2.14. The maximum Gasteiger partial charge on any atom is 0.272 e. The van der Waals surface area contributed by atoms with E-state index in [2.05, 4.69) is 9.55 Å². The van der Waals surface area contributed by atoms with Crippen molar-refractivity contribution in [1.29, 1.82) is 0 Å². The van der Waals surface area contributed by atoms with Crippen LogP contribution < -0.4 is 5.56 Å². The molecule has 1 fully saturated rings. The van der Waals surface area contributed by atoms with E-state index in [1.165, 1.54) is 12.2 Å². The first-order valence-electron chi connectivity index (χ1n) is 5.12. The van der Waals surface area contributed by atoms with Crippen molar-refractivity contribution < 1.29 is 0 Å². The number of thioether (sulfide) groups is 1. The van der Waals surface area contributed by atoms with Gasteiger partial charge in [0.25, 0.3) is 5.56 Å². The van der Waals surface area contributed by atoms with Gasteiger partial charge in [-0.2, -0.15) is 11.8 Å². The fourth-order valence-corrected chi connectivity index (χ4v) is 3.37. The number of aromatic nitrogens is 2. The molecule has 1 N–H and O–H groups in total. The van der Waals surface area contributed by atoms with Crippen molar-refractivity contribution in [2.24, 2.45) is 0 Å². The van der Waals surface area contributed by atoms with Gasteiger partial charge in [-0.1, -0.05) is 0 Å². The minimum atomic E-state index is 0.0226. The number of nitrogens with one attached hydrogen (secondary N) is 1. The zero-order valence-corrected chi connectivity index (χ0v) is 9.09. The summed E-state index contributed by atoms with van der Waals surface area (Å²) in [6, 6.07) is 4.47. The van der Waals surface area contributed by atoms with Crippen molar-refractivity contribution in [3.63, 3.8) is 0 Å². The molecule has 78 valence electrons. The Kier molecular flexibility index (Phi) is 2.09. The van der Waals surface area contributed by atoms with Crippen LogP contribution in [0.4, 0.5) is 0 Å². The summed E-state index contributed by atoms with van der Waals surface area (Å²) in [5.41, 5.74) is 0.847. The summed E-state index contributed by atoms with van der Waals surface area (Å²) >= 11 is 1.96. The molecule has 0 spiro atoms. The van der Waals surface area contributed by atoms with E-state index in [1.807, 2.05) is 30.1 Å². The van der Waals surface area contributed by atoms with E-state index in [0.29, 0.717) is 6.04 Å². The molecule has 15 heavy (non-hydrogen) atoms. The SMILES string of the molecule is O=c1[nH]ccc2ccn(C3CCSC3)c12. The lowest BCUT2D eigenvalue weighted by Gasteiger charge is -2.11. The summed E-state index contributed by atoms with van der Waals surface area (Å²) in [6.45, 7) is 0. The lowest BCUT2D eigenvalue weighted by molar-refractivity contribution is 0.578. The molecule has 1 aliphatic heterocycles. The summed E-state index contributed by atoms with van der Waals surface area (Å²) in [4.78, 5) is 14.5. The molecule has 0 aliphatic carbocycles. The first-order chi connectivity index (χ1) is 7.36. The van der Waals surface area contributed by atoms with Gasteiger partial charge in [-0.3, -0.25) is 4.79 Å². The molecule has 0 bridgehead atoms. The van der Waals surface area contributed by atoms with E-state index in [1.54, 1.807) is 6.20 Å². The zero-order chi connectivity index (χ0) is 10.3. The molecule has 0 radical (unpaired) electrons. The summed E-state index contributed by atoms with van der Waals surface area (Å²) in [5, 5.41) is 1.04. The fraction of sp³-hybridized carbons (Fsp3) is 0.364. The zero-order valence-electron chi connectivity index (χ0n) is 8.27. The van der Waals surface area contributed by atoms with Crippen LogP contribution in [0.5, 0.6) is 0 Å². The van der Waals surface area contributed by atoms with Gasteiger partial charge in [0.15, 0.2) is 0 Å². The van der Waals surface area contributed by atoms with E-state index in [0.717, 1.165) is 16.7 Å². The van der Waals surface area contributed by atoms with Crippen molar-refractivity contribution in [2.45, 2.75) is 12.5 Å². The van der Waals surface area contributed by atoms with Gasteiger partial charge < -0.3 is 9.55 Å². The molecule has 3 heterocycles. The van der Waals surface area contributed by atoms with Crippen LogP contribution in [0.2, 0.25) is 0 Å². The Balaban J connectivity index is 2.22. The molecule has 3 nitrogen and oxygen atoms in total. The Morgan fingerprint density at radius 1 is 1.47 bits per heavy atom. The van der Waals surface area contributed by atoms with Crippen LogP contribution in [0.15, 0.2) is 29.3 Å². The second-order valence-corrected chi connectivity index (χ2v) is 5.00. The van der Waals surface area contributed by atoms with Crippen molar-refractivity contribution in [3.05, 3.63) is 34.9 Å². The molecule has 0 saturated carbocycles. The Morgan fingerprint density at radius 3 is 3.20 bits per heavy atom. The first-order valence-corrected chi connectivity index (χ1v) is 6.28. The van der Waals surface area contributed by atoms with Crippen molar-refractivity contribution in [2.75, 3.05) is 11.5 Å². The van der Waals surface area contributed by atoms with Gasteiger partial charge in [0.2, 0.25) is 0 Å². The monoisotopic (exact) mass is 220 g/mol. The standard InChI is InChI=1S/C11H12N2OS/c14-11-10-8(1-4-12-11)2-5-13(10)9-3-6-15-7-9/h1-2,4-5,9H,3,6-7H2,(H,12,14). The van der Waals surface area contributed by atoms with Crippen LogP contribution in [0, 0.1) is 0 Å². The summed E-state index contributed by atoms with van der Waals surface area (Å²) < 4.78 is 2.13. The molecule has 1 aliphatic rings. The van der Waals surface area contributed by atoms with Crippen LogP contribution in [-0.2, 0) is 0 Å². The molecule has 0 aromatic carbocycles. The molecule has 1 atom stereocenters. The molecule has 4 heteroatoms. The highest BCUT2D eigenvalue weighted by Gasteiger charge is 2.19. The highest BCUT2D eigenvalue weighted by Crippen LogP contribution is 2.29. The highest BCUT2D eigenvalue weighted by molar-refractivity contribution is 7.99. The molecule has 3 rings (SSSR count). The van der Waals surface area contributed by atoms with E-state index in [-0.39, 0.29) is 5.56 Å². The number of H-pyrrole nitrogens is 1. The molecule has 1 unspecified atom stereocenters. The number of rotatable bonds is 1. The maximum absolute atomic E-state index is 11.7. The van der Waals surface area contributed by atoms with Crippen LogP contribution >= 0.6 is 11.8 Å². The molecular weight excluding hydrogens is 208 g/mol. The maximum atomic E-state index is 11.7. The smallest absolute Gasteiger partial charge is 0.272 e. The number of hydrogen-bond acceptors (Lipinski definition) is 2. The van der Waals surface area contributed by atoms with Gasteiger partial charge >= 0.3 is 0 Å². The van der Waals surface area contributed by atoms with Gasteiger partial charge in [-0.15, -0.1) is 0 Å².